The Morgan fingerprint density at radius 1 is 1.42 bits per heavy atom. The van der Waals surface area contributed by atoms with E-state index in [0.717, 1.165) is 11.4 Å². The molecule has 0 saturated heterocycles. The average molecular weight is 278 g/mol. The third-order valence-electron chi connectivity index (χ3n) is 2.40. The number of aryl methyl sites for hydroxylation is 1. The van der Waals surface area contributed by atoms with Crippen LogP contribution in [0.15, 0.2) is 24.5 Å². The Labute approximate surface area is 113 Å². The maximum Gasteiger partial charge on any atom is 0.310 e. The first-order valence-corrected chi connectivity index (χ1v) is 7.12. The molecule has 100 valence electrons. The molecule has 0 saturated carbocycles. The molecular formula is C12H15N4O2P. The van der Waals surface area contributed by atoms with Crippen LogP contribution in [0.1, 0.15) is 6.92 Å². The maximum absolute atomic E-state index is 11.3. The van der Waals surface area contributed by atoms with Crippen LogP contribution in [0, 0.1) is 0 Å². The van der Waals surface area contributed by atoms with Crippen molar-refractivity contribution in [2.45, 2.75) is 6.92 Å². The summed E-state index contributed by atoms with van der Waals surface area (Å²) < 4.78 is 6.59. The van der Waals surface area contributed by atoms with Crippen molar-refractivity contribution >= 4 is 20.1 Å². The molecule has 7 heteroatoms. The summed E-state index contributed by atoms with van der Waals surface area (Å²) in [6.45, 7) is 2.20. The summed E-state index contributed by atoms with van der Waals surface area (Å²) in [6.07, 6.45) is 3.75. The normalized spacial score (nSPS) is 11.1. The van der Waals surface area contributed by atoms with E-state index in [-0.39, 0.29) is 14.6 Å². The lowest BCUT2D eigenvalue weighted by Crippen LogP contribution is -2.10. The summed E-state index contributed by atoms with van der Waals surface area (Å²) in [5.74, 6) is 0.563. The van der Waals surface area contributed by atoms with E-state index in [4.69, 9.17) is 4.74 Å². The van der Waals surface area contributed by atoms with Gasteiger partial charge in [-0.15, -0.1) is 0 Å². The van der Waals surface area contributed by atoms with Gasteiger partial charge in [0, 0.05) is 25.0 Å². The van der Waals surface area contributed by atoms with Crippen LogP contribution in [-0.2, 0) is 16.6 Å². The lowest BCUT2D eigenvalue weighted by atomic mass is 10.2. The van der Waals surface area contributed by atoms with Crippen LogP contribution in [-0.4, -0.2) is 38.5 Å². The Morgan fingerprint density at radius 2 is 2.16 bits per heavy atom. The molecule has 2 rings (SSSR count). The Morgan fingerprint density at radius 3 is 2.84 bits per heavy atom. The van der Waals surface area contributed by atoms with Crippen molar-refractivity contribution in [2.24, 2.45) is 7.05 Å². The summed E-state index contributed by atoms with van der Waals surface area (Å²) in [5.41, 5.74) is 1.62. The van der Waals surface area contributed by atoms with E-state index in [1.807, 2.05) is 19.2 Å². The summed E-state index contributed by atoms with van der Waals surface area (Å²) >= 11 is 0. The fraction of sp³-hybridized carbons (Fsp3) is 0.333. The van der Waals surface area contributed by atoms with Crippen LogP contribution >= 0.6 is 8.58 Å². The molecule has 2 heterocycles. The van der Waals surface area contributed by atoms with Gasteiger partial charge in [-0.25, -0.2) is 9.67 Å². The molecule has 0 N–H and O–H groups in total. The van der Waals surface area contributed by atoms with Gasteiger partial charge in [-0.05, 0) is 27.6 Å². The highest BCUT2D eigenvalue weighted by molar-refractivity contribution is 7.47. The Kier molecular flexibility index (Phi) is 4.58. The summed E-state index contributed by atoms with van der Waals surface area (Å²) in [4.78, 5) is 19.7. The Balaban J connectivity index is 2.07. The fourth-order valence-corrected chi connectivity index (χ4v) is 2.39. The van der Waals surface area contributed by atoms with Crippen LogP contribution in [0.2, 0.25) is 0 Å². The molecule has 19 heavy (non-hydrogen) atoms. The van der Waals surface area contributed by atoms with Gasteiger partial charge in [0.25, 0.3) is 0 Å². The van der Waals surface area contributed by atoms with E-state index in [1.165, 1.54) is 0 Å². The number of hydrogen-bond donors (Lipinski definition) is 0. The van der Waals surface area contributed by atoms with Crippen LogP contribution in [0.4, 0.5) is 0 Å². The number of carbonyl (C=O) groups excluding carboxylic acids is 1. The largest absolute Gasteiger partial charge is 0.466 e. The first-order valence-electron chi connectivity index (χ1n) is 5.91. The first-order chi connectivity index (χ1) is 9.20. The van der Waals surface area contributed by atoms with Crippen LogP contribution in [0.25, 0.3) is 11.4 Å². The minimum absolute atomic E-state index is 0.209. The summed E-state index contributed by atoms with van der Waals surface area (Å²) in [6, 6.07) is 3.75. The topological polar surface area (TPSA) is 69.9 Å². The second-order valence-corrected chi connectivity index (χ2v) is 4.93. The standard InChI is InChI=1S/C12H15N4O2P/c1-3-18-10(17)8-19-12-14-11(16(2)15-12)9-4-6-13-7-5-9/h4-7,19H,3,8H2,1-2H3. The molecular weight excluding hydrogens is 263 g/mol. The highest BCUT2D eigenvalue weighted by Gasteiger charge is 2.11. The fourth-order valence-electron chi connectivity index (χ4n) is 1.57. The predicted octanol–water partition coefficient (Wildman–Crippen LogP) is 0.744. The van der Waals surface area contributed by atoms with Crippen molar-refractivity contribution < 1.29 is 9.53 Å². The molecule has 2 aromatic heterocycles. The highest BCUT2D eigenvalue weighted by atomic mass is 31.1. The number of ether oxygens (including phenoxy) is 1. The maximum atomic E-state index is 11.3. The third kappa shape index (κ3) is 3.58. The minimum Gasteiger partial charge on any atom is -0.466 e. The molecule has 1 atom stereocenters. The Bertz CT molecular complexity index is 556. The molecule has 2 aromatic rings. The molecule has 0 bridgehead atoms. The van der Waals surface area contributed by atoms with E-state index < -0.39 is 0 Å². The molecule has 6 nitrogen and oxygen atoms in total. The molecule has 0 amide bonds. The van der Waals surface area contributed by atoms with Crippen molar-refractivity contribution in [1.82, 2.24) is 19.7 Å². The molecule has 0 aromatic carbocycles. The van der Waals surface area contributed by atoms with Crippen LogP contribution < -0.4 is 5.57 Å². The van der Waals surface area contributed by atoms with Gasteiger partial charge in [-0.3, -0.25) is 9.78 Å². The number of carbonyl (C=O) groups is 1. The van der Waals surface area contributed by atoms with Gasteiger partial charge in [-0.1, -0.05) is 0 Å². The van der Waals surface area contributed by atoms with Crippen molar-refractivity contribution in [3.8, 4) is 11.4 Å². The van der Waals surface area contributed by atoms with Crippen LogP contribution in [0.3, 0.4) is 0 Å². The monoisotopic (exact) mass is 278 g/mol. The van der Waals surface area contributed by atoms with E-state index >= 15 is 0 Å². The predicted molar refractivity (Wildman–Crippen MR) is 73.7 cm³/mol. The van der Waals surface area contributed by atoms with Gasteiger partial charge in [0.1, 0.15) is 0 Å². The zero-order valence-corrected chi connectivity index (χ0v) is 11.8. The molecule has 0 aliphatic heterocycles. The van der Waals surface area contributed by atoms with Gasteiger partial charge in [-0.2, -0.15) is 5.10 Å². The van der Waals surface area contributed by atoms with Gasteiger partial charge in [0.05, 0.1) is 12.8 Å². The number of aromatic nitrogens is 4. The van der Waals surface area contributed by atoms with Crippen LogP contribution in [0.5, 0.6) is 0 Å². The molecule has 0 spiro atoms. The zero-order chi connectivity index (χ0) is 13.7. The van der Waals surface area contributed by atoms with Gasteiger partial charge >= 0.3 is 5.97 Å². The SMILES string of the molecule is CCOC(=O)CPc1nc(-c2ccncc2)n(C)n1. The van der Waals surface area contributed by atoms with Gasteiger partial charge < -0.3 is 4.74 Å². The average Bonchev–Trinajstić information content (AvgIpc) is 2.79. The number of pyridine rings is 1. The number of nitrogens with zero attached hydrogens (tertiary/aromatic N) is 4. The third-order valence-corrected chi connectivity index (χ3v) is 3.39. The molecule has 0 radical (unpaired) electrons. The second kappa shape index (κ2) is 6.38. The minimum atomic E-state index is -0.209. The van der Waals surface area contributed by atoms with Gasteiger partial charge in [0.2, 0.25) is 0 Å². The van der Waals surface area contributed by atoms with Crippen molar-refractivity contribution in [2.75, 3.05) is 12.8 Å². The van der Waals surface area contributed by atoms with E-state index in [9.17, 15) is 4.79 Å². The summed E-state index contributed by atoms with van der Waals surface area (Å²) in [5, 5.41) is 4.31. The second-order valence-electron chi connectivity index (χ2n) is 3.78. The van der Waals surface area contributed by atoms with E-state index in [1.54, 1.807) is 24.0 Å². The molecule has 0 aliphatic carbocycles. The molecule has 0 aliphatic rings. The molecule has 0 fully saturated rings. The molecule has 1 unspecified atom stereocenters. The number of hydrogen-bond acceptors (Lipinski definition) is 5. The lowest BCUT2D eigenvalue weighted by molar-refractivity contribution is -0.139. The van der Waals surface area contributed by atoms with E-state index in [0.29, 0.717) is 18.3 Å². The highest BCUT2D eigenvalue weighted by Crippen LogP contribution is 2.16. The van der Waals surface area contributed by atoms with E-state index in [2.05, 4.69) is 15.1 Å². The smallest absolute Gasteiger partial charge is 0.310 e. The summed E-state index contributed by atoms with van der Waals surface area (Å²) in [7, 11) is 2.06. The Hall–Kier alpha value is -1.81. The van der Waals surface area contributed by atoms with Crippen molar-refractivity contribution in [3.63, 3.8) is 0 Å². The van der Waals surface area contributed by atoms with Gasteiger partial charge in [0.15, 0.2) is 11.4 Å². The van der Waals surface area contributed by atoms with Crippen molar-refractivity contribution in [3.05, 3.63) is 24.5 Å². The zero-order valence-electron chi connectivity index (χ0n) is 10.8. The van der Waals surface area contributed by atoms with Crippen molar-refractivity contribution in [1.29, 1.82) is 0 Å². The quantitative estimate of drug-likeness (QED) is 0.596. The lowest BCUT2D eigenvalue weighted by Gasteiger charge is -1.98. The number of esters is 1. The first kappa shape index (κ1) is 13.6. The number of rotatable bonds is 5.